The van der Waals surface area contributed by atoms with Gasteiger partial charge in [-0.05, 0) is 25.5 Å². The Morgan fingerprint density at radius 1 is 1.20 bits per heavy atom. The quantitative estimate of drug-likeness (QED) is 0.594. The number of nitrogens with two attached hydrogens (primary N) is 1. The Morgan fingerprint density at radius 3 is 2.55 bits per heavy atom. The van der Waals surface area contributed by atoms with E-state index in [1.807, 2.05) is 19.9 Å². The molecular formula is C13H16ClN5O. The van der Waals surface area contributed by atoms with Crippen LogP contribution in [0.15, 0.2) is 18.5 Å². The molecule has 6 nitrogen and oxygen atoms in total. The number of anilines is 3. The average Bonchev–Trinajstić information content (AvgIpc) is 2.44. The summed E-state index contributed by atoms with van der Waals surface area (Å²) in [6.07, 6.45) is 1.43. The van der Waals surface area contributed by atoms with Crippen molar-refractivity contribution in [1.82, 2.24) is 9.97 Å². The third-order valence-corrected chi connectivity index (χ3v) is 3.36. The van der Waals surface area contributed by atoms with Crippen molar-refractivity contribution >= 4 is 28.9 Å². The summed E-state index contributed by atoms with van der Waals surface area (Å²) in [7, 11) is 1.59. The summed E-state index contributed by atoms with van der Waals surface area (Å²) < 4.78 is 5.32. The standard InChI is InChI=1S/C13H16ClN5O/c1-7-4-10(11(20-3)5-9(7)14)18-12-8(2)13(19-15)17-6-16-12/h4-6H,15H2,1-3H3,(H2,16,17,18,19). The Balaban J connectivity index is 2.42. The molecule has 1 aromatic heterocycles. The SMILES string of the molecule is COc1cc(Cl)c(C)cc1Nc1ncnc(NN)c1C. The Bertz CT molecular complexity index is 632. The lowest BCUT2D eigenvalue weighted by Gasteiger charge is -2.15. The van der Waals surface area contributed by atoms with Crippen molar-refractivity contribution in [3.8, 4) is 5.75 Å². The number of nitrogen functional groups attached to an aromatic ring is 1. The largest absolute Gasteiger partial charge is 0.495 e. The Hall–Kier alpha value is -2.05. The summed E-state index contributed by atoms with van der Waals surface area (Å²) >= 11 is 6.09. The molecule has 0 saturated heterocycles. The molecule has 0 amide bonds. The molecule has 0 aliphatic carbocycles. The minimum atomic E-state index is 0.562. The summed E-state index contributed by atoms with van der Waals surface area (Å²) in [4.78, 5) is 8.24. The van der Waals surface area contributed by atoms with Gasteiger partial charge in [0, 0.05) is 16.7 Å². The first-order chi connectivity index (χ1) is 9.56. The van der Waals surface area contributed by atoms with Crippen molar-refractivity contribution in [2.75, 3.05) is 17.9 Å². The van der Waals surface area contributed by atoms with E-state index in [9.17, 15) is 0 Å². The zero-order chi connectivity index (χ0) is 14.7. The number of hydrogen-bond donors (Lipinski definition) is 3. The molecule has 106 valence electrons. The van der Waals surface area contributed by atoms with E-state index in [0.29, 0.717) is 22.4 Å². The highest BCUT2D eigenvalue weighted by Crippen LogP contribution is 2.33. The molecule has 0 radical (unpaired) electrons. The van der Waals surface area contributed by atoms with Gasteiger partial charge in [-0.25, -0.2) is 15.8 Å². The molecule has 0 saturated carbocycles. The van der Waals surface area contributed by atoms with Crippen LogP contribution in [0.4, 0.5) is 17.3 Å². The lowest BCUT2D eigenvalue weighted by molar-refractivity contribution is 0.416. The van der Waals surface area contributed by atoms with Crippen molar-refractivity contribution in [1.29, 1.82) is 0 Å². The van der Waals surface area contributed by atoms with Crippen LogP contribution < -0.4 is 21.3 Å². The van der Waals surface area contributed by atoms with E-state index in [2.05, 4.69) is 20.7 Å². The molecule has 0 aliphatic rings. The molecule has 0 bridgehead atoms. The van der Waals surface area contributed by atoms with E-state index in [1.54, 1.807) is 13.2 Å². The number of halogens is 1. The highest BCUT2D eigenvalue weighted by Gasteiger charge is 2.11. The Morgan fingerprint density at radius 2 is 1.90 bits per heavy atom. The van der Waals surface area contributed by atoms with Crippen LogP contribution in [0.1, 0.15) is 11.1 Å². The zero-order valence-electron chi connectivity index (χ0n) is 11.5. The van der Waals surface area contributed by atoms with Crippen LogP contribution in [0, 0.1) is 13.8 Å². The van der Waals surface area contributed by atoms with Crippen LogP contribution in [-0.4, -0.2) is 17.1 Å². The first-order valence-electron chi connectivity index (χ1n) is 5.96. The van der Waals surface area contributed by atoms with Gasteiger partial charge in [0.2, 0.25) is 0 Å². The summed E-state index contributed by atoms with van der Waals surface area (Å²) in [5.41, 5.74) is 5.06. The fraction of sp³-hybridized carbons (Fsp3) is 0.231. The van der Waals surface area contributed by atoms with Gasteiger partial charge in [0.05, 0.1) is 12.8 Å². The number of nitrogens with one attached hydrogen (secondary N) is 2. The highest BCUT2D eigenvalue weighted by molar-refractivity contribution is 6.31. The maximum Gasteiger partial charge on any atom is 0.148 e. The summed E-state index contributed by atoms with van der Waals surface area (Å²) in [5, 5.41) is 3.85. The molecule has 1 heterocycles. The summed E-state index contributed by atoms with van der Waals surface area (Å²) in [6.45, 7) is 3.79. The van der Waals surface area contributed by atoms with Crippen LogP contribution in [0.3, 0.4) is 0 Å². The first kappa shape index (κ1) is 14.4. The Kier molecular flexibility index (Phi) is 4.26. The van der Waals surface area contributed by atoms with Crippen molar-refractivity contribution in [3.63, 3.8) is 0 Å². The van der Waals surface area contributed by atoms with Crippen molar-refractivity contribution < 1.29 is 4.74 Å². The molecule has 0 fully saturated rings. The smallest absolute Gasteiger partial charge is 0.148 e. The van der Waals surface area contributed by atoms with E-state index in [0.717, 1.165) is 16.8 Å². The predicted octanol–water partition coefficient (Wildman–Crippen LogP) is 2.78. The summed E-state index contributed by atoms with van der Waals surface area (Å²) in [6, 6.07) is 3.66. The molecule has 20 heavy (non-hydrogen) atoms. The van der Waals surface area contributed by atoms with Crippen molar-refractivity contribution in [2.24, 2.45) is 5.84 Å². The number of hydrazine groups is 1. The number of methoxy groups -OCH3 is 1. The molecule has 0 unspecified atom stereocenters. The van der Waals surface area contributed by atoms with Gasteiger partial charge in [-0.2, -0.15) is 0 Å². The number of hydrogen-bond acceptors (Lipinski definition) is 6. The fourth-order valence-corrected chi connectivity index (χ4v) is 1.93. The number of aromatic nitrogens is 2. The van der Waals surface area contributed by atoms with Crippen molar-refractivity contribution in [3.05, 3.63) is 34.6 Å². The lowest BCUT2D eigenvalue weighted by atomic mass is 10.2. The number of aryl methyl sites for hydroxylation is 1. The molecule has 0 spiro atoms. The molecule has 0 aliphatic heterocycles. The zero-order valence-corrected chi connectivity index (χ0v) is 12.2. The van der Waals surface area contributed by atoms with Gasteiger partial charge in [-0.15, -0.1) is 0 Å². The normalized spacial score (nSPS) is 10.2. The van der Waals surface area contributed by atoms with Gasteiger partial charge in [-0.1, -0.05) is 11.6 Å². The van der Waals surface area contributed by atoms with Crippen LogP contribution in [-0.2, 0) is 0 Å². The van der Waals surface area contributed by atoms with E-state index in [1.165, 1.54) is 6.33 Å². The third kappa shape index (κ3) is 2.76. The van der Waals surface area contributed by atoms with E-state index in [-0.39, 0.29) is 0 Å². The second-order valence-electron chi connectivity index (χ2n) is 4.27. The number of benzene rings is 1. The Labute approximate surface area is 122 Å². The van der Waals surface area contributed by atoms with Crippen LogP contribution in [0.2, 0.25) is 5.02 Å². The van der Waals surface area contributed by atoms with E-state index < -0.39 is 0 Å². The van der Waals surface area contributed by atoms with Gasteiger partial charge in [-0.3, -0.25) is 0 Å². The van der Waals surface area contributed by atoms with Gasteiger partial charge >= 0.3 is 0 Å². The van der Waals surface area contributed by atoms with Gasteiger partial charge < -0.3 is 15.5 Å². The molecule has 2 aromatic rings. The maximum absolute atomic E-state index is 6.09. The third-order valence-electron chi connectivity index (χ3n) is 2.95. The van der Waals surface area contributed by atoms with Gasteiger partial charge in [0.1, 0.15) is 23.7 Å². The van der Waals surface area contributed by atoms with Crippen molar-refractivity contribution in [2.45, 2.75) is 13.8 Å². The molecule has 4 N–H and O–H groups in total. The minimum absolute atomic E-state index is 0.562. The molecular weight excluding hydrogens is 278 g/mol. The monoisotopic (exact) mass is 293 g/mol. The average molecular weight is 294 g/mol. The fourth-order valence-electron chi connectivity index (χ4n) is 1.78. The molecule has 0 atom stereocenters. The van der Waals surface area contributed by atoms with E-state index in [4.69, 9.17) is 22.2 Å². The number of ether oxygens (including phenoxy) is 1. The lowest BCUT2D eigenvalue weighted by Crippen LogP contribution is -2.11. The highest BCUT2D eigenvalue weighted by atomic mass is 35.5. The first-order valence-corrected chi connectivity index (χ1v) is 6.34. The van der Waals surface area contributed by atoms with Gasteiger partial charge in [0.15, 0.2) is 0 Å². The predicted molar refractivity (Wildman–Crippen MR) is 80.6 cm³/mol. The molecule has 1 aromatic carbocycles. The number of nitrogens with zero attached hydrogens (tertiary/aromatic N) is 2. The second kappa shape index (κ2) is 5.94. The molecule has 2 rings (SSSR count). The molecule has 7 heteroatoms. The van der Waals surface area contributed by atoms with Crippen LogP contribution in [0.25, 0.3) is 0 Å². The maximum atomic E-state index is 6.09. The van der Waals surface area contributed by atoms with Crippen LogP contribution in [0.5, 0.6) is 5.75 Å². The number of rotatable bonds is 4. The van der Waals surface area contributed by atoms with Crippen LogP contribution >= 0.6 is 11.6 Å². The van der Waals surface area contributed by atoms with Gasteiger partial charge in [0.25, 0.3) is 0 Å². The topological polar surface area (TPSA) is 85.1 Å². The summed E-state index contributed by atoms with van der Waals surface area (Å²) in [5.74, 6) is 7.25. The second-order valence-corrected chi connectivity index (χ2v) is 4.67. The minimum Gasteiger partial charge on any atom is -0.495 e. The van der Waals surface area contributed by atoms with E-state index >= 15 is 0 Å².